The molecule has 0 bridgehead atoms. The van der Waals surface area contributed by atoms with Gasteiger partial charge >= 0.3 is 5.97 Å². The van der Waals surface area contributed by atoms with Gasteiger partial charge in [-0.05, 0) is 48.2 Å². The average molecular weight is 495 g/mol. The maximum absolute atomic E-state index is 14.0. The number of allylic oxidation sites excluding steroid dienone is 1. The zero-order chi connectivity index (χ0) is 26.0. The predicted octanol–water partition coefficient (Wildman–Crippen LogP) is 4.73. The molecule has 37 heavy (non-hydrogen) atoms. The van der Waals surface area contributed by atoms with Gasteiger partial charge in [0.15, 0.2) is 0 Å². The van der Waals surface area contributed by atoms with E-state index < -0.39 is 46.4 Å². The number of carbonyl (C=O) groups is 3. The van der Waals surface area contributed by atoms with Gasteiger partial charge in [-0.2, -0.15) is 0 Å². The monoisotopic (exact) mass is 494 g/mol. The molecule has 3 aromatic rings. The lowest BCUT2D eigenvalue weighted by Crippen LogP contribution is -2.42. The highest BCUT2D eigenvalue weighted by molar-refractivity contribution is 6.25. The third-order valence-electron chi connectivity index (χ3n) is 7.57. The van der Waals surface area contributed by atoms with Crippen LogP contribution >= 0.6 is 0 Å². The number of esters is 1. The first-order chi connectivity index (χ1) is 17.8. The van der Waals surface area contributed by atoms with Crippen LogP contribution in [0, 0.1) is 41.7 Å². The van der Waals surface area contributed by atoms with E-state index in [0.717, 1.165) is 21.6 Å². The summed E-state index contributed by atoms with van der Waals surface area (Å²) < 4.78 is 5.68. The second-order valence-electron chi connectivity index (χ2n) is 9.75. The number of hydrogen-bond acceptors (Lipinski definition) is 6. The summed E-state index contributed by atoms with van der Waals surface area (Å²) in [5.74, 6) is -4.22. The van der Waals surface area contributed by atoms with Gasteiger partial charge in [0, 0.05) is 23.6 Å². The Hall–Kier alpha value is -4.59. The van der Waals surface area contributed by atoms with E-state index in [9.17, 15) is 24.5 Å². The number of nitro benzene ring substituents is 1. The van der Waals surface area contributed by atoms with Gasteiger partial charge in [0.1, 0.15) is 5.75 Å². The molecule has 2 aliphatic heterocycles. The molecular formula is C29H22N2O6. The van der Waals surface area contributed by atoms with Crippen molar-refractivity contribution < 1.29 is 24.0 Å². The Morgan fingerprint density at radius 3 is 2.32 bits per heavy atom. The molecule has 0 aromatic heterocycles. The number of hydrogen-bond donors (Lipinski definition) is 0. The second-order valence-corrected chi connectivity index (χ2v) is 9.75. The average Bonchev–Trinajstić information content (AvgIpc) is 3.13. The topological polar surface area (TPSA) is 107 Å². The fourth-order valence-corrected chi connectivity index (χ4v) is 5.91. The summed E-state index contributed by atoms with van der Waals surface area (Å²) in [6, 6.07) is 19.1. The Kier molecular flexibility index (Phi) is 5.08. The van der Waals surface area contributed by atoms with Crippen molar-refractivity contribution in [3.8, 4) is 5.75 Å². The van der Waals surface area contributed by atoms with Gasteiger partial charge in [-0.3, -0.25) is 24.5 Å². The van der Waals surface area contributed by atoms with E-state index in [-0.39, 0.29) is 11.4 Å². The third kappa shape index (κ3) is 3.40. The molecular weight excluding hydrogens is 472 g/mol. The standard InChI is InChI=1S/C29H22N2O6/c1-15-8-10-19-21-14-20(17-6-4-3-5-7-17)24-26(25(21)29(34)37-23(19)12-15)28(33)30(27(24)32)22-11-9-18(31(35)36)13-16(22)2/h3-14,20,24-26H,1-2H3/t20-,24+,25-,26+/m1/s1. The SMILES string of the molecule is Cc1ccc2c(c1)OC(=O)[C@@H]1C2=C[C@H](c2ccccc2)[C@@H]2C(=O)N(c3ccc([N+](=O)[O-])cc3C)C(=O)[C@H]12. The largest absolute Gasteiger partial charge is 0.425 e. The van der Waals surface area contributed by atoms with Gasteiger partial charge in [0.05, 0.1) is 28.4 Å². The fourth-order valence-electron chi connectivity index (χ4n) is 5.91. The molecule has 0 radical (unpaired) electrons. The lowest BCUT2D eigenvalue weighted by Gasteiger charge is -2.38. The molecule has 1 fully saturated rings. The van der Waals surface area contributed by atoms with Crippen molar-refractivity contribution >= 4 is 34.7 Å². The van der Waals surface area contributed by atoms with Crippen LogP contribution in [0.4, 0.5) is 11.4 Å². The minimum Gasteiger partial charge on any atom is -0.425 e. The summed E-state index contributed by atoms with van der Waals surface area (Å²) in [4.78, 5) is 53.1. The van der Waals surface area contributed by atoms with Crippen molar-refractivity contribution in [1.29, 1.82) is 0 Å². The normalized spacial score (nSPS) is 24.1. The van der Waals surface area contributed by atoms with Crippen molar-refractivity contribution in [2.24, 2.45) is 17.8 Å². The lowest BCUT2D eigenvalue weighted by atomic mass is 9.64. The molecule has 8 nitrogen and oxygen atoms in total. The Bertz CT molecular complexity index is 1540. The first-order valence-corrected chi connectivity index (χ1v) is 12.0. The molecule has 8 heteroatoms. The molecule has 0 saturated carbocycles. The van der Waals surface area contributed by atoms with E-state index in [4.69, 9.17) is 4.74 Å². The number of fused-ring (bicyclic) bond motifs is 5. The summed E-state index contributed by atoms with van der Waals surface area (Å²) in [7, 11) is 0. The molecule has 1 aliphatic carbocycles. The van der Waals surface area contributed by atoms with Crippen molar-refractivity contribution in [3.05, 3.63) is 105 Å². The quantitative estimate of drug-likeness (QED) is 0.171. The zero-order valence-electron chi connectivity index (χ0n) is 20.1. The van der Waals surface area contributed by atoms with Crippen molar-refractivity contribution in [2.45, 2.75) is 19.8 Å². The number of rotatable bonds is 3. The molecule has 4 atom stereocenters. The fraction of sp³-hybridized carbons (Fsp3) is 0.207. The van der Waals surface area contributed by atoms with Crippen molar-refractivity contribution in [2.75, 3.05) is 4.90 Å². The molecule has 0 unspecified atom stereocenters. The van der Waals surface area contributed by atoms with Gasteiger partial charge < -0.3 is 4.74 Å². The number of carbonyl (C=O) groups excluding carboxylic acids is 3. The van der Waals surface area contributed by atoms with Crippen molar-refractivity contribution in [3.63, 3.8) is 0 Å². The summed E-state index contributed by atoms with van der Waals surface area (Å²) in [5.41, 5.74) is 3.79. The van der Waals surface area contributed by atoms with E-state index >= 15 is 0 Å². The second kappa shape index (κ2) is 8.23. The van der Waals surface area contributed by atoms with Gasteiger partial charge in [0.25, 0.3) is 5.69 Å². The van der Waals surface area contributed by atoms with E-state index in [0.29, 0.717) is 16.9 Å². The van der Waals surface area contributed by atoms with Crippen LogP contribution in [0.15, 0.2) is 72.8 Å². The first-order valence-electron chi connectivity index (χ1n) is 12.0. The number of non-ortho nitro benzene ring substituents is 1. The highest BCUT2D eigenvalue weighted by Gasteiger charge is 2.60. The van der Waals surface area contributed by atoms with Crippen LogP contribution in [0.2, 0.25) is 0 Å². The number of amides is 2. The van der Waals surface area contributed by atoms with Gasteiger partial charge in [-0.15, -0.1) is 0 Å². The van der Waals surface area contributed by atoms with Crippen molar-refractivity contribution in [1.82, 2.24) is 0 Å². The number of benzene rings is 3. The lowest BCUT2D eigenvalue weighted by molar-refractivity contribution is -0.384. The van der Waals surface area contributed by atoms with Gasteiger partial charge in [-0.1, -0.05) is 48.5 Å². The number of nitro groups is 1. The number of anilines is 1. The van der Waals surface area contributed by atoms with Gasteiger partial charge in [-0.25, -0.2) is 4.90 Å². The summed E-state index contributed by atoms with van der Waals surface area (Å²) >= 11 is 0. The summed E-state index contributed by atoms with van der Waals surface area (Å²) in [5, 5.41) is 11.2. The highest BCUT2D eigenvalue weighted by Crippen LogP contribution is 2.55. The molecule has 0 N–H and O–H groups in total. The van der Waals surface area contributed by atoms with Crippen LogP contribution in [0.5, 0.6) is 5.75 Å². The molecule has 3 aromatic carbocycles. The predicted molar refractivity (Wildman–Crippen MR) is 135 cm³/mol. The molecule has 0 spiro atoms. The number of imide groups is 1. The van der Waals surface area contributed by atoms with Crippen LogP contribution in [0.3, 0.4) is 0 Å². The van der Waals surface area contributed by atoms with E-state index in [1.807, 2.05) is 55.5 Å². The maximum Gasteiger partial charge on any atom is 0.319 e. The molecule has 2 amide bonds. The molecule has 2 heterocycles. The molecule has 3 aliphatic rings. The van der Waals surface area contributed by atoms with Crippen LogP contribution in [0.1, 0.15) is 28.2 Å². The van der Waals surface area contributed by atoms with Crippen LogP contribution in [-0.2, 0) is 14.4 Å². The third-order valence-corrected chi connectivity index (χ3v) is 7.57. The van der Waals surface area contributed by atoms with E-state index in [1.54, 1.807) is 13.0 Å². The first kappa shape index (κ1) is 22.8. The summed E-state index contributed by atoms with van der Waals surface area (Å²) in [6.45, 7) is 3.53. The summed E-state index contributed by atoms with van der Waals surface area (Å²) in [6.07, 6.45) is 1.94. The molecule has 6 rings (SSSR count). The van der Waals surface area contributed by atoms with Gasteiger partial charge in [0.2, 0.25) is 11.8 Å². The smallest absolute Gasteiger partial charge is 0.319 e. The molecule has 1 saturated heterocycles. The highest BCUT2D eigenvalue weighted by atomic mass is 16.6. The van der Waals surface area contributed by atoms with E-state index in [1.165, 1.54) is 18.2 Å². The zero-order valence-corrected chi connectivity index (χ0v) is 20.1. The van der Waals surface area contributed by atoms with E-state index in [2.05, 4.69) is 0 Å². The number of nitrogens with zero attached hydrogens (tertiary/aromatic N) is 2. The Morgan fingerprint density at radius 2 is 1.62 bits per heavy atom. The van der Waals surface area contributed by atoms with Crippen LogP contribution in [0.25, 0.3) is 5.57 Å². The Balaban J connectivity index is 1.53. The van der Waals surface area contributed by atoms with Crippen LogP contribution < -0.4 is 9.64 Å². The Labute approximate surface area is 212 Å². The number of aryl methyl sites for hydroxylation is 2. The minimum absolute atomic E-state index is 0.133. The maximum atomic E-state index is 14.0. The molecule has 184 valence electrons. The minimum atomic E-state index is -0.964. The Morgan fingerprint density at radius 1 is 0.892 bits per heavy atom. The van der Waals surface area contributed by atoms with Crippen LogP contribution in [-0.4, -0.2) is 22.7 Å². The number of ether oxygens (including phenoxy) is 1.